The number of hydrogen-bond acceptors (Lipinski definition) is 3. The summed E-state index contributed by atoms with van der Waals surface area (Å²) in [5, 5.41) is 5.75. The molecule has 0 radical (unpaired) electrons. The van der Waals surface area contributed by atoms with Crippen LogP contribution in [0.15, 0.2) is 42.5 Å². The van der Waals surface area contributed by atoms with Crippen LogP contribution in [-0.4, -0.2) is 18.9 Å². The highest BCUT2D eigenvalue weighted by molar-refractivity contribution is 6.17. The van der Waals surface area contributed by atoms with Crippen LogP contribution in [0.2, 0.25) is 0 Å². The van der Waals surface area contributed by atoms with Gasteiger partial charge in [0.1, 0.15) is 11.2 Å². The van der Waals surface area contributed by atoms with Gasteiger partial charge in [-0.05, 0) is 68.1 Å². The molecule has 1 saturated carbocycles. The summed E-state index contributed by atoms with van der Waals surface area (Å²) in [5.41, 5.74) is 2.47. The van der Waals surface area contributed by atoms with Crippen molar-refractivity contribution in [3.05, 3.63) is 53.6 Å². The highest BCUT2D eigenvalue weighted by Gasteiger charge is 2.56. The monoisotopic (exact) mass is 338 g/mol. The van der Waals surface area contributed by atoms with E-state index in [1.807, 2.05) is 32.0 Å². The van der Waals surface area contributed by atoms with E-state index in [1.165, 1.54) is 0 Å². The lowest BCUT2D eigenvalue weighted by molar-refractivity contribution is -0.131. The summed E-state index contributed by atoms with van der Waals surface area (Å²) in [7, 11) is 1.59. The Morgan fingerprint density at radius 1 is 0.960 bits per heavy atom. The van der Waals surface area contributed by atoms with E-state index in [-0.39, 0.29) is 11.8 Å². The van der Waals surface area contributed by atoms with Crippen molar-refractivity contribution >= 4 is 23.2 Å². The Hall–Kier alpha value is -2.82. The molecule has 2 amide bonds. The smallest absolute Gasteiger partial charge is 0.240 e. The number of methoxy groups -OCH3 is 1. The topological polar surface area (TPSA) is 67.4 Å². The average molecular weight is 338 g/mol. The van der Waals surface area contributed by atoms with E-state index in [0.29, 0.717) is 24.3 Å². The van der Waals surface area contributed by atoms with Crippen molar-refractivity contribution in [1.29, 1.82) is 0 Å². The minimum absolute atomic E-state index is 0.243. The van der Waals surface area contributed by atoms with E-state index in [4.69, 9.17) is 4.74 Å². The first-order chi connectivity index (χ1) is 11.9. The second-order valence-corrected chi connectivity index (χ2v) is 6.54. The zero-order valence-electron chi connectivity index (χ0n) is 14.7. The lowest BCUT2D eigenvalue weighted by Gasteiger charge is -2.17. The number of nitrogens with one attached hydrogen (secondary N) is 2. The highest BCUT2D eigenvalue weighted by atomic mass is 16.5. The molecular formula is C20H22N2O3. The zero-order chi connectivity index (χ0) is 18.0. The Morgan fingerprint density at radius 3 is 2.20 bits per heavy atom. The molecule has 0 atom stereocenters. The van der Waals surface area contributed by atoms with Crippen molar-refractivity contribution in [3.63, 3.8) is 0 Å². The van der Waals surface area contributed by atoms with Crippen LogP contribution in [-0.2, 0) is 9.59 Å². The Labute approximate surface area is 147 Å². The maximum Gasteiger partial charge on any atom is 0.240 e. The normalized spacial score (nSPS) is 14.5. The van der Waals surface area contributed by atoms with Gasteiger partial charge < -0.3 is 15.4 Å². The van der Waals surface area contributed by atoms with Gasteiger partial charge in [0.2, 0.25) is 11.8 Å². The molecule has 1 aliphatic carbocycles. The number of carbonyl (C=O) groups excluding carboxylic acids is 2. The van der Waals surface area contributed by atoms with Crippen LogP contribution < -0.4 is 15.4 Å². The molecule has 2 aromatic rings. The molecule has 5 nitrogen and oxygen atoms in total. The molecule has 130 valence electrons. The van der Waals surface area contributed by atoms with Gasteiger partial charge in [-0.25, -0.2) is 0 Å². The molecule has 0 unspecified atom stereocenters. The Morgan fingerprint density at radius 2 is 1.60 bits per heavy atom. The van der Waals surface area contributed by atoms with Gasteiger partial charge in [0.05, 0.1) is 7.11 Å². The van der Waals surface area contributed by atoms with Crippen LogP contribution in [0.3, 0.4) is 0 Å². The first-order valence-corrected chi connectivity index (χ1v) is 8.29. The van der Waals surface area contributed by atoms with E-state index in [0.717, 1.165) is 16.8 Å². The molecule has 0 aliphatic heterocycles. The van der Waals surface area contributed by atoms with E-state index in [1.54, 1.807) is 31.4 Å². The minimum atomic E-state index is -0.976. The summed E-state index contributed by atoms with van der Waals surface area (Å²) in [6.45, 7) is 3.91. The van der Waals surface area contributed by atoms with E-state index in [9.17, 15) is 9.59 Å². The van der Waals surface area contributed by atoms with E-state index in [2.05, 4.69) is 10.6 Å². The van der Waals surface area contributed by atoms with Gasteiger partial charge in [-0.3, -0.25) is 9.59 Å². The predicted octanol–water partition coefficient (Wildman–Crippen LogP) is 3.67. The van der Waals surface area contributed by atoms with E-state index < -0.39 is 5.41 Å². The molecule has 1 fully saturated rings. The summed E-state index contributed by atoms with van der Waals surface area (Å²) in [4.78, 5) is 25.3. The Bertz CT molecular complexity index is 808. The number of ether oxygens (including phenoxy) is 1. The number of hydrogen-bond donors (Lipinski definition) is 2. The number of amides is 2. The fourth-order valence-electron chi connectivity index (χ4n) is 2.72. The largest absolute Gasteiger partial charge is 0.497 e. The standard InChI is InChI=1S/C20H22N2O3/c1-13-4-5-14(2)17(12-13)22-19(24)20(10-11-20)18(23)21-15-6-8-16(25-3)9-7-15/h4-9,12H,10-11H2,1-3H3,(H,21,23)(H,22,24). The van der Waals surface area contributed by atoms with Crippen LogP contribution in [0.5, 0.6) is 5.75 Å². The van der Waals surface area contributed by atoms with Gasteiger partial charge in [-0.15, -0.1) is 0 Å². The summed E-state index contributed by atoms with van der Waals surface area (Å²) in [5.74, 6) is 0.208. The van der Waals surface area contributed by atoms with Gasteiger partial charge in [0, 0.05) is 11.4 Å². The first-order valence-electron chi connectivity index (χ1n) is 8.29. The van der Waals surface area contributed by atoms with Crippen LogP contribution >= 0.6 is 0 Å². The van der Waals surface area contributed by atoms with Crippen LogP contribution in [0.4, 0.5) is 11.4 Å². The van der Waals surface area contributed by atoms with Gasteiger partial charge in [0.25, 0.3) is 0 Å². The third-order valence-electron chi connectivity index (χ3n) is 4.61. The summed E-state index contributed by atoms with van der Waals surface area (Å²) in [6, 6.07) is 12.9. The Kier molecular flexibility index (Phi) is 4.49. The molecule has 0 aromatic heterocycles. The number of carbonyl (C=O) groups is 2. The van der Waals surface area contributed by atoms with Gasteiger partial charge in [-0.1, -0.05) is 12.1 Å². The molecule has 0 heterocycles. The molecule has 5 heteroatoms. The summed E-state index contributed by atoms with van der Waals surface area (Å²) in [6.07, 6.45) is 1.12. The minimum Gasteiger partial charge on any atom is -0.497 e. The first kappa shape index (κ1) is 17.0. The van der Waals surface area contributed by atoms with Crippen molar-refractivity contribution < 1.29 is 14.3 Å². The van der Waals surface area contributed by atoms with Crippen molar-refractivity contribution in [2.24, 2.45) is 5.41 Å². The second-order valence-electron chi connectivity index (χ2n) is 6.54. The molecule has 0 saturated heterocycles. The highest BCUT2D eigenvalue weighted by Crippen LogP contribution is 2.47. The van der Waals surface area contributed by atoms with Crippen LogP contribution in [0, 0.1) is 19.3 Å². The summed E-state index contributed by atoms with van der Waals surface area (Å²) < 4.78 is 5.10. The third-order valence-corrected chi connectivity index (χ3v) is 4.61. The van der Waals surface area contributed by atoms with Gasteiger partial charge in [-0.2, -0.15) is 0 Å². The third kappa shape index (κ3) is 3.50. The maximum atomic E-state index is 12.7. The predicted molar refractivity (Wildman–Crippen MR) is 97.8 cm³/mol. The van der Waals surface area contributed by atoms with Gasteiger partial charge >= 0.3 is 0 Å². The molecule has 1 aliphatic rings. The Balaban J connectivity index is 1.71. The average Bonchev–Trinajstić information content (AvgIpc) is 3.41. The zero-order valence-corrected chi connectivity index (χ0v) is 14.7. The number of aryl methyl sites for hydroxylation is 2. The molecule has 2 aromatic carbocycles. The van der Waals surface area contributed by atoms with Crippen molar-refractivity contribution in [3.8, 4) is 5.75 Å². The lowest BCUT2D eigenvalue weighted by atomic mass is 10.0. The quantitative estimate of drug-likeness (QED) is 0.818. The molecule has 0 spiro atoms. The number of anilines is 2. The second kappa shape index (κ2) is 6.59. The maximum absolute atomic E-state index is 12.7. The van der Waals surface area contributed by atoms with Gasteiger partial charge in [0.15, 0.2) is 0 Å². The van der Waals surface area contributed by atoms with Crippen molar-refractivity contribution in [1.82, 2.24) is 0 Å². The van der Waals surface area contributed by atoms with Crippen molar-refractivity contribution in [2.45, 2.75) is 26.7 Å². The van der Waals surface area contributed by atoms with Crippen LogP contribution in [0.1, 0.15) is 24.0 Å². The molecule has 2 N–H and O–H groups in total. The SMILES string of the molecule is COc1ccc(NC(=O)C2(C(=O)Nc3cc(C)ccc3C)CC2)cc1. The van der Waals surface area contributed by atoms with E-state index >= 15 is 0 Å². The number of rotatable bonds is 5. The van der Waals surface area contributed by atoms with Crippen LogP contribution in [0.25, 0.3) is 0 Å². The fraction of sp³-hybridized carbons (Fsp3) is 0.300. The molecule has 3 rings (SSSR count). The van der Waals surface area contributed by atoms with Crippen molar-refractivity contribution in [2.75, 3.05) is 17.7 Å². The lowest BCUT2D eigenvalue weighted by Crippen LogP contribution is -2.35. The number of benzene rings is 2. The molecular weight excluding hydrogens is 316 g/mol. The molecule has 0 bridgehead atoms. The molecule has 25 heavy (non-hydrogen) atoms. The fourth-order valence-corrected chi connectivity index (χ4v) is 2.72. The summed E-state index contributed by atoms with van der Waals surface area (Å²) >= 11 is 0.